The lowest BCUT2D eigenvalue weighted by Crippen LogP contribution is -2.41. The number of fused-ring (bicyclic) bond motifs is 1. The first-order chi connectivity index (χ1) is 9.97. The minimum absolute atomic E-state index is 0.0372. The number of hydrogen-bond donors (Lipinski definition) is 3. The second kappa shape index (κ2) is 6.36. The molecule has 0 radical (unpaired) electrons. The number of rotatable bonds is 6. The molecule has 1 aromatic carbocycles. The van der Waals surface area contributed by atoms with E-state index in [0.717, 1.165) is 11.1 Å². The molecule has 4 N–H and O–H groups in total. The second-order valence-electron chi connectivity index (χ2n) is 4.85. The number of primary amides is 1. The van der Waals surface area contributed by atoms with Crippen molar-refractivity contribution in [3.05, 3.63) is 34.9 Å². The maximum atomic E-state index is 12.1. The maximum Gasteiger partial charge on any atom is 0.326 e. The molecule has 112 valence electrons. The SMILES string of the molecule is NC(=O)CC[C@@H](NC(=O)c1ccc2c(c1)COC2)C(=O)O. The van der Waals surface area contributed by atoms with Crippen LogP contribution < -0.4 is 11.1 Å². The summed E-state index contributed by atoms with van der Waals surface area (Å²) in [7, 11) is 0. The fourth-order valence-corrected chi connectivity index (χ4v) is 2.10. The largest absolute Gasteiger partial charge is 0.480 e. The van der Waals surface area contributed by atoms with Crippen molar-refractivity contribution in [3.8, 4) is 0 Å². The Labute approximate surface area is 121 Å². The molecule has 0 fully saturated rings. The molecular formula is C14H16N2O5. The van der Waals surface area contributed by atoms with Gasteiger partial charge in [0.05, 0.1) is 13.2 Å². The van der Waals surface area contributed by atoms with Crippen molar-refractivity contribution in [2.24, 2.45) is 5.73 Å². The summed E-state index contributed by atoms with van der Waals surface area (Å²) in [6.45, 7) is 0.966. The zero-order chi connectivity index (χ0) is 15.4. The van der Waals surface area contributed by atoms with Gasteiger partial charge in [0.15, 0.2) is 0 Å². The van der Waals surface area contributed by atoms with E-state index in [2.05, 4.69) is 5.32 Å². The molecule has 0 aliphatic carbocycles. The Morgan fingerprint density at radius 3 is 2.67 bits per heavy atom. The van der Waals surface area contributed by atoms with Gasteiger partial charge in [-0.2, -0.15) is 0 Å². The number of carboxylic acids is 1. The molecule has 1 atom stereocenters. The van der Waals surface area contributed by atoms with Crippen molar-refractivity contribution in [1.82, 2.24) is 5.32 Å². The van der Waals surface area contributed by atoms with Crippen LogP contribution in [0.1, 0.15) is 34.3 Å². The van der Waals surface area contributed by atoms with Crippen molar-refractivity contribution in [2.45, 2.75) is 32.1 Å². The number of carboxylic acid groups (broad SMARTS) is 1. The lowest BCUT2D eigenvalue weighted by Gasteiger charge is -2.14. The van der Waals surface area contributed by atoms with Crippen molar-refractivity contribution in [2.75, 3.05) is 0 Å². The number of benzene rings is 1. The minimum atomic E-state index is -1.20. The molecule has 1 aromatic rings. The molecule has 2 amide bonds. The Kier molecular flexibility index (Phi) is 4.54. The quantitative estimate of drug-likeness (QED) is 0.690. The zero-order valence-corrected chi connectivity index (χ0v) is 11.3. The van der Waals surface area contributed by atoms with Crippen LogP contribution in [-0.4, -0.2) is 28.9 Å². The standard InChI is InChI=1S/C14H16N2O5/c15-12(17)4-3-11(14(19)20)16-13(18)8-1-2-9-6-21-7-10(9)5-8/h1-2,5,11H,3-4,6-7H2,(H2,15,17)(H,16,18)(H,19,20)/t11-/m1/s1. The molecule has 2 rings (SSSR count). The summed E-state index contributed by atoms with van der Waals surface area (Å²) < 4.78 is 5.26. The zero-order valence-electron chi connectivity index (χ0n) is 11.3. The van der Waals surface area contributed by atoms with E-state index < -0.39 is 23.8 Å². The van der Waals surface area contributed by atoms with Crippen LogP contribution in [0.4, 0.5) is 0 Å². The van der Waals surface area contributed by atoms with E-state index in [1.807, 2.05) is 0 Å². The van der Waals surface area contributed by atoms with Gasteiger partial charge in [-0.25, -0.2) is 4.79 Å². The summed E-state index contributed by atoms with van der Waals surface area (Å²) in [4.78, 5) is 33.9. The first-order valence-corrected chi connectivity index (χ1v) is 6.49. The molecule has 1 aliphatic rings. The first kappa shape index (κ1) is 15.0. The van der Waals surface area contributed by atoms with E-state index in [4.69, 9.17) is 15.6 Å². The van der Waals surface area contributed by atoms with Gasteiger partial charge in [0.25, 0.3) is 5.91 Å². The normalized spacial score (nSPS) is 14.3. The lowest BCUT2D eigenvalue weighted by molar-refractivity contribution is -0.139. The minimum Gasteiger partial charge on any atom is -0.480 e. The second-order valence-corrected chi connectivity index (χ2v) is 4.85. The Morgan fingerprint density at radius 2 is 2.00 bits per heavy atom. The molecule has 0 aromatic heterocycles. The molecule has 0 saturated heterocycles. The van der Waals surface area contributed by atoms with Crippen LogP contribution in [0.3, 0.4) is 0 Å². The number of hydrogen-bond acceptors (Lipinski definition) is 4. The first-order valence-electron chi connectivity index (χ1n) is 6.49. The Morgan fingerprint density at radius 1 is 1.29 bits per heavy atom. The molecule has 0 unspecified atom stereocenters. The van der Waals surface area contributed by atoms with E-state index >= 15 is 0 Å². The molecule has 0 bridgehead atoms. The number of aliphatic carboxylic acids is 1. The lowest BCUT2D eigenvalue weighted by atomic mass is 10.1. The van der Waals surface area contributed by atoms with E-state index in [0.29, 0.717) is 18.8 Å². The third-order valence-electron chi connectivity index (χ3n) is 3.27. The predicted molar refractivity (Wildman–Crippen MR) is 72.3 cm³/mol. The fraction of sp³-hybridized carbons (Fsp3) is 0.357. The van der Waals surface area contributed by atoms with Gasteiger partial charge in [-0.15, -0.1) is 0 Å². The van der Waals surface area contributed by atoms with Crippen LogP contribution in [0.5, 0.6) is 0 Å². The average molecular weight is 292 g/mol. The van der Waals surface area contributed by atoms with Gasteiger partial charge in [0.2, 0.25) is 5.91 Å². The van der Waals surface area contributed by atoms with Crippen LogP contribution in [0, 0.1) is 0 Å². The van der Waals surface area contributed by atoms with E-state index in [9.17, 15) is 14.4 Å². The van der Waals surface area contributed by atoms with Crippen molar-refractivity contribution in [3.63, 3.8) is 0 Å². The molecule has 1 aliphatic heterocycles. The summed E-state index contributed by atoms with van der Waals surface area (Å²) >= 11 is 0. The van der Waals surface area contributed by atoms with Crippen molar-refractivity contribution < 1.29 is 24.2 Å². The topological polar surface area (TPSA) is 119 Å². The van der Waals surface area contributed by atoms with Crippen LogP contribution >= 0.6 is 0 Å². The summed E-state index contributed by atoms with van der Waals surface area (Å²) in [5, 5.41) is 11.4. The number of ether oxygens (including phenoxy) is 1. The predicted octanol–water partition coefficient (Wildman–Crippen LogP) is 0.165. The fourth-order valence-electron chi connectivity index (χ4n) is 2.10. The van der Waals surface area contributed by atoms with Gasteiger partial charge in [0.1, 0.15) is 6.04 Å². The van der Waals surface area contributed by atoms with Gasteiger partial charge >= 0.3 is 5.97 Å². The number of nitrogens with one attached hydrogen (secondary N) is 1. The molecule has 0 spiro atoms. The molecular weight excluding hydrogens is 276 g/mol. The van der Waals surface area contributed by atoms with Crippen LogP contribution in [0.2, 0.25) is 0 Å². The van der Waals surface area contributed by atoms with Gasteiger partial charge in [-0.05, 0) is 29.7 Å². The van der Waals surface area contributed by atoms with Crippen LogP contribution in [-0.2, 0) is 27.5 Å². The van der Waals surface area contributed by atoms with Gasteiger partial charge < -0.3 is 20.9 Å². The molecule has 7 heteroatoms. The molecule has 0 saturated carbocycles. The molecule has 1 heterocycles. The Balaban J connectivity index is 2.04. The number of amides is 2. The van der Waals surface area contributed by atoms with Gasteiger partial charge in [-0.3, -0.25) is 9.59 Å². The highest BCUT2D eigenvalue weighted by atomic mass is 16.5. The maximum absolute atomic E-state index is 12.1. The van der Waals surface area contributed by atoms with E-state index in [-0.39, 0.29) is 12.8 Å². The summed E-state index contributed by atoms with van der Waals surface area (Å²) in [5.74, 6) is -2.30. The smallest absolute Gasteiger partial charge is 0.326 e. The van der Waals surface area contributed by atoms with Crippen molar-refractivity contribution >= 4 is 17.8 Å². The number of carbonyl (C=O) groups excluding carboxylic acids is 2. The van der Waals surface area contributed by atoms with Crippen LogP contribution in [0.25, 0.3) is 0 Å². The number of carbonyl (C=O) groups is 3. The summed E-state index contributed by atoms with van der Waals surface area (Å²) in [5.41, 5.74) is 7.30. The molecule has 7 nitrogen and oxygen atoms in total. The van der Waals surface area contributed by atoms with E-state index in [1.54, 1.807) is 18.2 Å². The third-order valence-corrected chi connectivity index (χ3v) is 3.27. The highest BCUT2D eigenvalue weighted by molar-refractivity contribution is 5.97. The van der Waals surface area contributed by atoms with E-state index in [1.165, 1.54) is 0 Å². The number of nitrogens with two attached hydrogens (primary N) is 1. The Bertz CT molecular complexity index is 585. The van der Waals surface area contributed by atoms with Gasteiger partial charge in [-0.1, -0.05) is 6.07 Å². The van der Waals surface area contributed by atoms with Gasteiger partial charge in [0, 0.05) is 12.0 Å². The van der Waals surface area contributed by atoms with Crippen LogP contribution in [0.15, 0.2) is 18.2 Å². The Hall–Kier alpha value is -2.41. The van der Waals surface area contributed by atoms with Crippen molar-refractivity contribution in [1.29, 1.82) is 0 Å². The highest BCUT2D eigenvalue weighted by Crippen LogP contribution is 2.20. The monoisotopic (exact) mass is 292 g/mol. The average Bonchev–Trinajstić information content (AvgIpc) is 2.89. The summed E-state index contributed by atoms with van der Waals surface area (Å²) in [6, 6.07) is 3.95. The third kappa shape index (κ3) is 3.79. The summed E-state index contributed by atoms with van der Waals surface area (Å²) in [6.07, 6.45) is -0.139. The highest BCUT2D eigenvalue weighted by Gasteiger charge is 2.22. The molecule has 21 heavy (non-hydrogen) atoms.